The highest BCUT2D eigenvalue weighted by Crippen LogP contribution is 2.21. The van der Waals surface area contributed by atoms with E-state index in [1.807, 2.05) is 75.2 Å². The number of hydrogen-bond acceptors (Lipinski definition) is 3. The van der Waals surface area contributed by atoms with E-state index >= 15 is 0 Å². The lowest BCUT2D eigenvalue weighted by atomic mass is 10.1. The van der Waals surface area contributed by atoms with E-state index in [-0.39, 0.29) is 18.5 Å². The van der Waals surface area contributed by atoms with E-state index < -0.39 is 6.03 Å². The summed E-state index contributed by atoms with van der Waals surface area (Å²) in [5, 5.41) is 5.72. The number of urea groups is 1. The lowest BCUT2D eigenvalue weighted by Crippen LogP contribution is -2.41. The fraction of sp³-hybridized carbons (Fsp3) is 0.300. The van der Waals surface area contributed by atoms with Gasteiger partial charge in [0.1, 0.15) is 0 Å². The molecule has 0 aliphatic heterocycles. The molecule has 0 aliphatic rings. The first kappa shape index (κ1) is 19.9. The van der Waals surface area contributed by atoms with Crippen molar-refractivity contribution in [3.8, 4) is 0 Å². The second-order valence-electron chi connectivity index (χ2n) is 6.47. The van der Waals surface area contributed by atoms with Crippen LogP contribution in [0.25, 0.3) is 0 Å². The monoisotopic (exact) mass is 373 g/mol. The molecule has 0 heterocycles. The SMILES string of the molecule is Cc1ccc(NC(=O)NC(=O)CN(C)C(C)c2cccc(Cl)c2)c(C)c1. The number of hydrogen-bond donors (Lipinski definition) is 2. The fourth-order valence-corrected chi connectivity index (χ4v) is 2.86. The van der Waals surface area contributed by atoms with Gasteiger partial charge >= 0.3 is 6.03 Å². The Hall–Kier alpha value is -2.37. The highest BCUT2D eigenvalue weighted by molar-refractivity contribution is 6.30. The fourth-order valence-electron chi connectivity index (χ4n) is 2.66. The van der Waals surface area contributed by atoms with Crippen molar-refractivity contribution in [3.05, 3.63) is 64.2 Å². The zero-order valence-electron chi connectivity index (χ0n) is 15.5. The van der Waals surface area contributed by atoms with Gasteiger partial charge in [0.15, 0.2) is 0 Å². The van der Waals surface area contributed by atoms with Crippen LogP contribution in [0.4, 0.5) is 10.5 Å². The summed E-state index contributed by atoms with van der Waals surface area (Å²) in [7, 11) is 1.83. The largest absolute Gasteiger partial charge is 0.325 e. The average Bonchev–Trinajstić information content (AvgIpc) is 2.56. The number of amides is 3. The zero-order chi connectivity index (χ0) is 19.3. The van der Waals surface area contributed by atoms with Gasteiger partial charge in [0.05, 0.1) is 6.54 Å². The quantitative estimate of drug-likeness (QED) is 0.821. The minimum atomic E-state index is -0.536. The first-order valence-corrected chi connectivity index (χ1v) is 8.78. The molecule has 5 nitrogen and oxygen atoms in total. The predicted octanol–water partition coefficient (Wildman–Crippen LogP) is 4.30. The van der Waals surface area contributed by atoms with Crippen LogP contribution in [-0.4, -0.2) is 30.4 Å². The Morgan fingerprint density at radius 2 is 1.88 bits per heavy atom. The van der Waals surface area contributed by atoms with E-state index in [2.05, 4.69) is 10.6 Å². The minimum Gasteiger partial charge on any atom is -0.307 e. The highest BCUT2D eigenvalue weighted by Gasteiger charge is 2.17. The van der Waals surface area contributed by atoms with Crippen LogP contribution in [0, 0.1) is 13.8 Å². The van der Waals surface area contributed by atoms with Crippen LogP contribution in [0.15, 0.2) is 42.5 Å². The Labute approximate surface area is 159 Å². The molecule has 0 fully saturated rings. The first-order chi connectivity index (χ1) is 12.3. The smallest absolute Gasteiger partial charge is 0.307 e. The second-order valence-corrected chi connectivity index (χ2v) is 6.90. The van der Waals surface area contributed by atoms with Crippen LogP contribution in [-0.2, 0) is 4.79 Å². The van der Waals surface area contributed by atoms with E-state index in [9.17, 15) is 9.59 Å². The van der Waals surface area contributed by atoms with Crippen molar-refractivity contribution < 1.29 is 9.59 Å². The molecular weight excluding hydrogens is 350 g/mol. The minimum absolute atomic E-state index is 0.0122. The van der Waals surface area contributed by atoms with Crippen LogP contribution in [0.1, 0.15) is 29.7 Å². The average molecular weight is 374 g/mol. The number of benzene rings is 2. The lowest BCUT2D eigenvalue weighted by molar-refractivity contribution is -0.121. The Morgan fingerprint density at radius 1 is 1.15 bits per heavy atom. The van der Waals surface area contributed by atoms with Crippen molar-refractivity contribution in [1.82, 2.24) is 10.2 Å². The van der Waals surface area contributed by atoms with Crippen molar-refractivity contribution in [2.24, 2.45) is 0 Å². The Bertz CT molecular complexity index is 807. The van der Waals surface area contributed by atoms with Gasteiger partial charge in [-0.2, -0.15) is 0 Å². The van der Waals surface area contributed by atoms with Gasteiger partial charge in [-0.3, -0.25) is 15.0 Å². The number of anilines is 1. The number of carbonyl (C=O) groups excluding carboxylic acids is 2. The van der Waals surface area contributed by atoms with Crippen LogP contribution in [0.5, 0.6) is 0 Å². The Morgan fingerprint density at radius 3 is 2.54 bits per heavy atom. The van der Waals surface area contributed by atoms with Gasteiger partial charge in [-0.1, -0.05) is 41.4 Å². The number of imide groups is 1. The summed E-state index contributed by atoms with van der Waals surface area (Å²) in [5.41, 5.74) is 3.74. The van der Waals surface area contributed by atoms with E-state index in [1.165, 1.54) is 0 Å². The van der Waals surface area contributed by atoms with Gasteiger partial charge in [-0.25, -0.2) is 4.79 Å². The molecule has 2 N–H and O–H groups in total. The summed E-state index contributed by atoms with van der Waals surface area (Å²) in [6, 6.07) is 12.7. The van der Waals surface area contributed by atoms with E-state index in [4.69, 9.17) is 11.6 Å². The molecule has 0 saturated heterocycles. The van der Waals surface area contributed by atoms with Crippen molar-refractivity contribution in [1.29, 1.82) is 0 Å². The number of nitrogens with zero attached hydrogens (tertiary/aromatic N) is 1. The summed E-state index contributed by atoms with van der Waals surface area (Å²) in [5.74, 6) is -0.372. The van der Waals surface area contributed by atoms with Gasteiger partial charge in [0.2, 0.25) is 5.91 Å². The number of aryl methyl sites for hydroxylation is 2. The molecule has 1 unspecified atom stereocenters. The van der Waals surface area contributed by atoms with E-state index in [0.29, 0.717) is 10.7 Å². The molecule has 1 atom stereocenters. The molecule has 0 radical (unpaired) electrons. The third-order valence-electron chi connectivity index (χ3n) is 4.27. The Kier molecular flexibility index (Phi) is 6.77. The molecule has 138 valence electrons. The van der Waals surface area contributed by atoms with Crippen LogP contribution in [0.2, 0.25) is 5.02 Å². The predicted molar refractivity (Wildman–Crippen MR) is 106 cm³/mol. The number of carbonyl (C=O) groups is 2. The number of likely N-dealkylation sites (N-methyl/N-ethyl adjacent to an activating group) is 1. The summed E-state index contributed by atoms with van der Waals surface area (Å²) >= 11 is 6.02. The summed E-state index contributed by atoms with van der Waals surface area (Å²) in [4.78, 5) is 26.1. The van der Waals surface area contributed by atoms with Crippen molar-refractivity contribution >= 4 is 29.2 Å². The Balaban J connectivity index is 1.89. The lowest BCUT2D eigenvalue weighted by Gasteiger charge is -2.24. The van der Waals surface area contributed by atoms with Crippen LogP contribution in [0.3, 0.4) is 0 Å². The maximum Gasteiger partial charge on any atom is 0.325 e. The molecule has 0 saturated carbocycles. The molecule has 2 aromatic carbocycles. The third kappa shape index (κ3) is 5.58. The maximum atomic E-state index is 12.2. The van der Waals surface area contributed by atoms with Crippen molar-refractivity contribution in [3.63, 3.8) is 0 Å². The molecule has 0 spiro atoms. The van der Waals surface area contributed by atoms with Gasteiger partial charge in [-0.05, 0) is 57.1 Å². The van der Waals surface area contributed by atoms with Gasteiger partial charge in [0.25, 0.3) is 0 Å². The normalized spacial score (nSPS) is 11.9. The zero-order valence-corrected chi connectivity index (χ0v) is 16.2. The molecule has 3 amide bonds. The topological polar surface area (TPSA) is 61.4 Å². The summed E-state index contributed by atoms with van der Waals surface area (Å²) in [6.45, 7) is 5.96. The number of nitrogens with one attached hydrogen (secondary N) is 2. The molecule has 0 bridgehead atoms. The maximum absolute atomic E-state index is 12.2. The third-order valence-corrected chi connectivity index (χ3v) is 4.50. The van der Waals surface area contributed by atoms with E-state index in [1.54, 1.807) is 0 Å². The van der Waals surface area contributed by atoms with Gasteiger partial charge < -0.3 is 5.32 Å². The van der Waals surface area contributed by atoms with E-state index in [0.717, 1.165) is 16.7 Å². The second kappa shape index (κ2) is 8.83. The number of rotatable bonds is 5. The molecule has 0 aromatic heterocycles. The summed E-state index contributed by atoms with van der Waals surface area (Å²) < 4.78 is 0. The molecule has 26 heavy (non-hydrogen) atoms. The van der Waals surface area contributed by atoms with Crippen LogP contribution < -0.4 is 10.6 Å². The van der Waals surface area contributed by atoms with Crippen molar-refractivity contribution in [2.45, 2.75) is 26.8 Å². The molecule has 0 aliphatic carbocycles. The van der Waals surface area contributed by atoms with Crippen LogP contribution >= 0.6 is 11.6 Å². The molecule has 2 rings (SSSR count). The first-order valence-electron chi connectivity index (χ1n) is 8.40. The standard InChI is InChI=1S/C20H24ClN3O2/c1-13-8-9-18(14(2)10-13)22-20(26)23-19(25)12-24(4)15(3)16-6-5-7-17(21)11-16/h5-11,15H,12H2,1-4H3,(H2,22,23,25,26). The molecular formula is C20H24ClN3O2. The molecule has 2 aromatic rings. The van der Waals surface area contributed by atoms with Gasteiger partial charge in [-0.15, -0.1) is 0 Å². The van der Waals surface area contributed by atoms with Gasteiger partial charge in [0, 0.05) is 16.8 Å². The highest BCUT2D eigenvalue weighted by atomic mass is 35.5. The summed E-state index contributed by atoms with van der Waals surface area (Å²) in [6.07, 6.45) is 0. The number of halogens is 1. The molecule has 6 heteroatoms. The van der Waals surface area contributed by atoms with Crippen molar-refractivity contribution in [2.75, 3.05) is 18.9 Å².